The van der Waals surface area contributed by atoms with Gasteiger partial charge < -0.3 is 20.1 Å². The van der Waals surface area contributed by atoms with Crippen molar-refractivity contribution in [3.63, 3.8) is 0 Å². The van der Waals surface area contributed by atoms with Gasteiger partial charge in [-0.05, 0) is 0 Å². The van der Waals surface area contributed by atoms with Gasteiger partial charge in [-0.15, -0.1) is 0 Å². The number of aromatic amines is 1. The highest BCUT2D eigenvalue weighted by molar-refractivity contribution is 4.92. The number of rotatable bonds is 1. The molecule has 9 heteroatoms. The van der Waals surface area contributed by atoms with Crippen molar-refractivity contribution in [1.29, 1.82) is 0 Å². The number of H-pyrrole nitrogens is 1. The zero-order chi connectivity index (χ0) is 13.4. The SMILES string of the molecule is O=c1[nH]c(=O)n([C@@H]2OC[C@@H](O)[C@@H](O)[C@@H]2O)cc1F. The molecule has 1 saturated heterocycles. The van der Waals surface area contributed by atoms with E-state index in [1.807, 2.05) is 0 Å². The van der Waals surface area contributed by atoms with Crippen LogP contribution < -0.4 is 11.2 Å². The van der Waals surface area contributed by atoms with E-state index >= 15 is 0 Å². The van der Waals surface area contributed by atoms with Crippen LogP contribution in [0.4, 0.5) is 4.39 Å². The Balaban J connectivity index is 2.41. The Bertz CT molecular complexity index is 555. The van der Waals surface area contributed by atoms with Crippen molar-refractivity contribution < 1.29 is 24.4 Å². The number of hydrogen-bond donors (Lipinski definition) is 4. The first-order valence-corrected chi connectivity index (χ1v) is 5.08. The molecule has 100 valence electrons. The van der Waals surface area contributed by atoms with Crippen LogP contribution in [0.5, 0.6) is 0 Å². The van der Waals surface area contributed by atoms with E-state index in [0.717, 1.165) is 0 Å². The number of aromatic nitrogens is 2. The van der Waals surface area contributed by atoms with Gasteiger partial charge in [-0.25, -0.2) is 4.79 Å². The van der Waals surface area contributed by atoms with Crippen molar-refractivity contribution in [3.8, 4) is 0 Å². The van der Waals surface area contributed by atoms with Gasteiger partial charge >= 0.3 is 5.69 Å². The average molecular weight is 262 g/mol. The molecule has 1 aliphatic rings. The van der Waals surface area contributed by atoms with Gasteiger partial charge in [-0.3, -0.25) is 14.3 Å². The van der Waals surface area contributed by atoms with Crippen LogP contribution in [0.1, 0.15) is 6.23 Å². The smallest absolute Gasteiger partial charge is 0.330 e. The van der Waals surface area contributed by atoms with Crippen molar-refractivity contribution in [1.82, 2.24) is 9.55 Å². The van der Waals surface area contributed by atoms with Gasteiger partial charge in [0.15, 0.2) is 6.23 Å². The normalized spacial score (nSPS) is 32.4. The van der Waals surface area contributed by atoms with E-state index in [1.165, 1.54) is 0 Å². The molecule has 2 rings (SSSR count). The molecule has 2 heterocycles. The maximum atomic E-state index is 13.1. The molecule has 1 fully saturated rings. The molecule has 0 aliphatic carbocycles. The Morgan fingerprint density at radius 3 is 2.67 bits per heavy atom. The van der Waals surface area contributed by atoms with Gasteiger partial charge in [0.1, 0.15) is 18.3 Å². The monoisotopic (exact) mass is 262 g/mol. The molecule has 0 radical (unpaired) electrons. The van der Waals surface area contributed by atoms with Gasteiger partial charge in [0, 0.05) is 0 Å². The molecule has 0 saturated carbocycles. The standard InChI is InChI=1S/C9H11FN2O6/c10-3-1-12(9(17)11-7(3)16)8-6(15)5(14)4(13)2-18-8/h1,4-6,8,13-15H,2H2,(H,11,16,17)/t4-,5-,6+,8-/m1/s1. The van der Waals surface area contributed by atoms with Gasteiger partial charge in [0.25, 0.3) is 5.56 Å². The van der Waals surface area contributed by atoms with E-state index < -0.39 is 41.6 Å². The molecule has 8 nitrogen and oxygen atoms in total. The number of ether oxygens (including phenoxy) is 1. The van der Waals surface area contributed by atoms with Gasteiger partial charge in [0.2, 0.25) is 5.82 Å². The molecule has 0 amide bonds. The number of nitrogens with one attached hydrogen (secondary N) is 1. The van der Waals surface area contributed by atoms with Gasteiger partial charge in [-0.2, -0.15) is 4.39 Å². The summed E-state index contributed by atoms with van der Waals surface area (Å²) in [6, 6.07) is 0. The lowest BCUT2D eigenvalue weighted by Crippen LogP contribution is -2.53. The Hall–Kier alpha value is -1.55. The lowest BCUT2D eigenvalue weighted by molar-refractivity contribution is -0.212. The number of halogens is 1. The maximum absolute atomic E-state index is 13.1. The highest BCUT2D eigenvalue weighted by Gasteiger charge is 2.39. The second kappa shape index (κ2) is 4.61. The molecule has 4 N–H and O–H groups in total. The zero-order valence-corrected chi connectivity index (χ0v) is 8.99. The summed E-state index contributed by atoms with van der Waals surface area (Å²) >= 11 is 0. The number of nitrogens with zero attached hydrogens (tertiary/aromatic N) is 1. The van der Waals surface area contributed by atoms with Crippen molar-refractivity contribution in [2.24, 2.45) is 0 Å². The number of aliphatic hydroxyl groups is 3. The third-order valence-electron chi connectivity index (χ3n) is 2.67. The van der Waals surface area contributed by atoms with E-state index in [4.69, 9.17) is 4.74 Å². The fourth-order valence-corrected chi connectivity index (χ4v) is 1.69. The summed E-state index contributed by atoms with van der Waals surface area (Å²) in [7, 11) is 0. The Kier molecular flexibility index (Phi) is 3.30. The van der Waals surface area contributed by atoms with Crippen molar-refractivity contribution >= 4 is 0 Å². The molecule has 18 heavy (non-hydrogen) atoms. The van der Waals surface area contributed by atoms with Crippen LogP contribution in [-0.2, 0) is 4.74 Å². The van der Waals surface area contributed by atoms with Crippen molar-refractivity contribution in [2.45, 2.75) is 24.5 Å². The predicted molar refractivity (Wildman–Crippen MR) is 54.3 cm³/mol. The maximum Gasteiger partial charge on any atom is 0.330 e. The van der Waals surface area contributed by atoms with Crippen LogP contribution in [0, 0.1) is 5.82 Å². The molecule has 0 bridgehead atoms. The predicted octanol–water partition coefficient (Wildman–Crippen LogP) is -2.71. The summed E-state index contributed by atoms with van der Waals surface area (Å²) < 4.78 is 18.6. The fraction of sp³-hybridized carbons (Fsp3) is 0.556. The quantitative estimate of drug-likeness (QED) is 0.436. The summed E-state index contributed by atoms with van der Waals surface area (Å²) in [5.74, 6) is -1.23. The van der Waals surface area contributed by atoms with Crippen LogP contribution in [-0.4, -0.2) is 49.8 Å². The first kappa shape index (κ1) is 12.9. The molecular formula is C9H11FN2O6. The number of aliphatic hydroxyl groups excluding tert-OH is 3. The topological polar surface area (TPSA) is 125 Å². The highest BCUT2D eigenvalue weighted by atomic mass is 19.1. The summed E-state index contributed by atoms with van der Waals surface area (Å²) in [5.41, 5.74) is -2.18. The minimum Gasteiger partial charge on any atom is -0.388 e. The van der Waals surface area contributed by atoms with Crippen LogP contribution in [0.25, 0.3) is 0 Å². The van der Waals surface area contributed by atoms with E-state index in [9.17, 15) is 29.3 Å². The molecule has 1 aromatic rings. The van der Waals surface area contributed by atoms with Crippen LogP contribution in [0.15, 0.2) is 15.8 Å². The van der Waals surface area contributed by atoms with Crippen molar-refractivity contribution in [3.05, 3.63) is 32.9 Å². The molecule has 1 aliphatic heterocycles. The summed E-state index contributed by atoms with van der Waals surface area (Å²) in [4.78, 5) is 24.0. The van der Waals surface area contributed by atoms with Crippen LogP contribution >= 0.6 is 0 Å². The van der Waals surface area contributed by atoms with E-state index in [-0.39, 0.29) is 6.61 Å². The Labute approximate surface area is 98.9 Å². The van der Waals surface area contributed by atoms with Crippen LogP contribution in [0.3, 0.4) is 0 Å². The van der Waals surface area contributed by atoms with Crippen LogP contribution in [0.2, 0.25) is 0 Å². The molecule has 0 aromatic carbocycles. The number of hydrogen-bond acceptors (Lipinski definition) is 6. The molecule has 0 spiro atoms. The van der Waals surface area contributed by atoms with E-state index in [2.05, 4.69) is 0 Å². The molecular weight excluding hydrogens is 251 g/mol. The van der Waals surface area contributed by atoms with E-state index in [0.29, 0.717) is 10.8 Å². The minimum absolute atomic E-state index is 0.337. The highest BCUT2D eigenvalue weighted by Crippen LogP contribution is 2.22. The van der Waals surface area contributed by atoms with Crippen molar-refractivity contribution in [2.75, 3.05) is 6.61 Å². The molecule has 4 atom stereocenters. The lowest BCUT2D eigenvalue weighted by Gasteiger charge is -2.35. The van der Waals surface area contributed by atoms with E-state index in [1.54, 1.807) is 4.98 Å². The van der Waals surface area contributed by atoms with Gasteiger partial charge in [0.05, 0.1) is 12.8 Å². The molecule has 1 aromatic heterocycles. The average Bonchev–Trinajstić information content (AvgIpc) is 2.32. The minimum atomic E-state index is -1.63. The second-order valence-corrected chi connectivity index (χ2v) is 3.92. The summed E-state index contributed by atoms with van der Waals surface area (Å²) in [6.07, 6.45) is -5.29. The second-order valence-electron chi connectivity index (χ2n) is 3.92. The fourth-order valence-electron chi connectivity index (χ4n) is 1.69. The summed E-state index contributed by atoms with van der Waals surface area (Å²) in [6.45, 7) is -0.337. The first-order valence-electron chi connectivity index (χ1n) is 5.08. The third-order valence-corrected chi connectivity index (χ3v) is 2.67. The third kappa shape index (κ3) is 2.08. The van der Waals surface area contributed by atoms with Gasteiger partial charge in [-0.1, -0.05) is 0 Å². The summed E-state index contributed by atoms with van der Waals surface area (Å²) in [5, 5.41) is 28.3. The Morgan fingerprint density at radius 2 is 2.00 bits per heavy atom. The molecule has 0 unspecified atom stereocenters. The zero-order valence-electron chi connectivity index (χ0n) is 8.99. The first-order chi connectivity index (χ1) is 8.41. The Morgan fingerprint density at radius 1 is 1.33 bits per heavy atom. The lowest BCUT2D eigenvalue weighted by atomic mass is 10.0. The largest absolute Gasteiger partial charge is 0.388 e.